The van der Waals surface area contributed by atoms with E-state index >= 15 is 4.79 Å². The van der Waals surface area contributed by atoms with Gasteiger partial charge in [0.15, 0.2) is 6.10 Å². The Kier molecular flexibility index (Phi) is 30.1. The number of piperidine rings is 1. The minimum atomic E-state index is -2.22. The van der Waals surface area contributed by atoms with Gasteiger partial charge in [0.2, 0.25) is 59.1 Å². The Bertz CT molecular complexity index is 2340. The van der Waals surface area contributed by atoms with Crippen molar-refractivity contribution in [3.8, 4) is 0 Å². The number of unbranched alkanes of at least 4 members (excludes halogenated alkanes) is 1. The van der Waals surface area contributed by atoms with Crippen molar-refractivity contribution in [3.05, 3.63) is 0 Å². The largest absolute Gasteiger partial charge is 0.481 e. The maximum absolute atomic E-state index is 15.1. The zero-order valence-electron chi connectivity index (χ0n) is 50.1. The second-order valence-electron chi connectivity index (χ2n) is 22.4. The van der Waals surface area contributed by atoms with Crippen molar-refractivity contribution in [2.24, 2.45) is 46.8 Å². The number of carbonyl (C=O) groups is 13. The number of fused-ring (bicyclic) bond motifs is 1. The van der Waals surface area contributed by atoms with E-state index in [1.54, 1.807) is 41.5 Å². The Morgan fingerprint density at radius 1 is 0.738 bits per heavy atom. The number of nitrogens with zero attached hydrogens (tertiary/aromatic N) is 2. The van der Waals surface area contributed by atoms with Crippen molar-refractivity contribution in [2.45, 2.75) is 199 Å². The number of esters is 1. The third-order valence-corrected chi connectivity index (χ3v) is 15.4. The Morgan fingerprint density at radius 2 is 1.33 bits per heavy atom. The molecule has 0 spiro atoms. The molecule has 0 saturated carbocycles. The summed E-state index contributed by atoms with van der Waals surface area (Å²) in [5.41, 5.74) is 17.1. The number of hydrogen-bond acceptors (Lipinski definition) is 18. The molecule has 2 aliphatic rings. The molecule has 0 radical (unpaired) electrons. The standard InChI is InChI=1S/C54H92N12O18/c1-12-83-43(45(57)73)41-50(78)61-33(24-37(70)71)53(81)66-22-16-14-18-35(66)54(82)84-42(27(6)26(4)5)40(64-48(76)38(58-10)28(7)29(8)44(56)72)51(79)62-39(30(9)67)49(77)59-31(17-13-15-21-55)46(74)60-32(23-25(2)3)52(80)65(11)34(47(75)63-41)19-20-36(68)69/h25-35,38-43,58,67H,12-24,55H2,1-11H3,(H2,56,72)(H2,57,73)(H,59,77)(H,60,74)(H,61,78)(H,62,79)(H,63,75)(H,64,76)(H,68,69)(H,70,71). The summed E-state index contributed by atoms with van der Waals surface area (Å²) >= 11 is 0. The maximum atomic E-state index is 15.1. The molecule has 84 heavy (non-hydrogen) atoms. The second-order valence-corrected chi connectivity index (χ2v) is 22.4. The molecule has 30 nitrogen and oxygen atoms in total. The SMILES string of the molecule is CCOC(C(N)=O)C1NC(=O)C(CCC(=O)O)N(C)C(=O)C(CC(C)C)NC(=O)C(CCCCN)NC(=O)C(C(C)O)NC(=O)C(NC(=O)C(NC)C(C)C(C)C(N)=O)C(C(C)C(C)C)OC(=O)C2CCCCN2C(=O)C(CC(=O)O)NC1=O. The number of primary amides is 2. The van der Waals surface area contributed by atoms with E-state index < -0.39 is 193 Å². The Balaban J connectivity index is 3.19. The lowest BCUT2D eigenvalue weighted by Crippen LogP contribution is -2.65. The molecular weight excluding hydrogens is 1100 g/mol. The normalized spacial score (nSPS) is 26.2. The average molecular weight is 1200 g/mol. The van der Waals surface area contributed by atoms with Gasteiger partial charge in [-0.3, -0.25) is 57.5 Å². The van der Waals surface area contributed by atoms with Crippen molar-refractivity contribution >= 4 is 77.0 Å². The molecule has 2 aliphatic heterocycles. The fourth-order valence-corrected chi connectivity index (χ4v) is 9.92. The maximum Gasteiger partial charge on any atom is 0.329 e. The molecule has 10 amide bonds. The van der Waals surface area contributed by atoms with Gasteiger partial charge >= 0.3 is 17.9 Å². The predicted octanol–water partition coefficient (Wildman–Crippen LogP) is -3.55. The van der Waals surface area contributed by atoms with Gasteiger partial charge in [-0.15, -0.1) is 0 Å². The van der Waals surface area contributed by atoms with Crippen LogP contribution in [0.4, 0.5) is 0 Å². The van der Waals surface area contributed by atoms with Crippen LogP contribution in [0.1, 0.15) is 127 Å². The number of nitrogens with one attached hydrogen (secondary N) is 7. The van der Waals surface area contributed by atoms with Crippen LogP contribution < -0.4 is 54.4 Å². The summed E-state index contributed by atoms with van der Waals surface area (Å²) in [7, 11) is 2.50. The number of hydrogen-bond donors (Lipinski definition) is 13. The lowest BCUT2D eigenvalue weighted by atomic mass is 9.85. The summed E-state index contributed by atoms with van der Waals surface area (Å²) in [6.45, 7) is 13.5. The van der Waals surface area contributed by atoms with E-state index in [1.807, 2.05) is 0 Å². The number of rotatable bonds is 24. The lowest BCUT2D eigenvalue weighted by Gasteiger charge is -2.39. The summed E-state index contributed by atoms with van der Waals surface area (Å²) in [5, 5.41) is 48.8. The van der Waals surface area contributed by atoms with Gasteiger partial charge < -0.3 is 89.0 Å². The fourth-order valence-electron chi connectivity index (χ4n) is 9.92. The smallest absolute Gasteiger partial charge is 0.329 e. The van der Waals surface area contributed by atoms with Crippen LogP contribution in [0.5, 0.6) is 0 Å². The van der Waals surface area contributed by atoms with Crippen LogP contribution in [0.2, 0.25) is 0 Å². The summed E-state index contributed by atoms with van der Waals surface area (Å²) < 4.78 is 11.7. The number of carboxylic acid groups (broad SMARTS) is 2. The summed E-state index contributed by atoms with van der Waals surface area (Å²) in [6, 6.07) is -15.9. The van der Waals surface area contributed by atoms with Crippen LogP contribution in [-0.4, -0.2) is 209 Å². The monoisotopic (exact) mass is 1200 g/mol. The van der Waals surface area contributed by atoms with Gasteiger partial charge in [-0.25, -0.2) is 4.79 Å². The van der Waals surface area contributed by atoms with E-state index in [2.05, 4.69) is 37.2 Å². The third kappa shape index (κ3) is 21.2. The molecule has 0 aromatic rings. The Labute approximate surface area is 489 Å². The van der Waals surface area contributed by atoms with Crippen LogP contribution in [0.25, 0.3) is 0 Å². The minimum absolute atomic E-state index is 0.129. The topological polar surface area (TPSA) is 470 Å². The molecule has 30 heteroatoms. The highest BCUT2D eigenvalue weighted by molar-refractivity contribution is 6.01. The molecule has 2 fully saturated rings. The summed E-state index contributed by atoms with van der Waals surface area (Å²) in [6.07, 6.45) is -7.41. The van der Waals surface area contributed by atoms with Crippen LogP contribution in [-0.2, 0) is 71.8 Å². The number of ether oxygens (including phenoxy) is 2. The summed E-state index contributed by atoms with van der Waals surface area (Å²) in [5.74, 6) is -18.9. The molecule has 16 N–H and O–H groups in total. The number of cyclic esters (lactones) is 1. The lowest BCUT2D eigenvalue weighted by molar-refractivity contribution is -0.168. The molecule has 2 rings (SSSR count). The number of aliphatic hydroxyl groups excluding tert-OH is 1. The minimum Gasteiger partial charge on any atom is -0.481 e. The van der Waals surface area contributed by atoms with Crippen LogP contribution in [0.15, 0.2) is 0 Å². The first-order valence-electron chi connectivity index (χ1n) is 28.5. The quantitative estimate of drug-likeness (QED) is 0.0329. The number of likely N-dealkylation sites (N-methyl/N-ethyl adjacent to an activating group) is 2. The van der Waals surface area contributed by atoms with Gasteiger partial charge in [-0.05, 0) is 102 Å². The van der Waals surface area contributed by atoms with E-state index in [1.165, 1.54) is 20.9 Å². The zero-order valence-corrected chi connectivity index (χ0v) is 50.1. The first-order chi connectivity index (χ1) is 39.2. The van der Waals surface area contributed by atoms with Crippen molar-refractivity contribution in [1.29, 1.82) is 0 Å². The number of carbonyl (C=O) groups excluding carboxylic acids is 11. The van der Waals surface area contributed by atoms with Crippen LogP contribution in [0, 0.1) is 29.6 Å². The molecule has 0 aromatic heterocycles. The van der Waals surface area contributed by atoms with Crippen molar-refractivity contribution in [2.75, 3.05) is 33.8 Å². The van der Waals surface area contributed by atoms with Gasteiger partial charge in [0.25, 0.3) is 0 Å². The van der Waals surface area contributed by atoms with E-state index in [0.717, 1.165) is 23.8 Å². The number of aliphatic carboxylic acids is 2. The molecule has 0 aromatic carbocycles. The first kappa shape index (κ1) is 73.1. The first-order valence-corrected chi connectivity index (χ1v) is 28.5. The fraction of sp³-hybridized carbons (Fsp3) is 0.759. The number of nitrogens with two attached hydrogens (primary N) is 3. The van der Waals surface area contributed by atoms with E-state index in [4.69, 9.17) is 26.7 Å². The number of amides is 10. The molecule has 2 saturated heterocycles. The molecule has 15 atom stereocenters. The van der Waals surface area contributed by atoms with E-state index in [-0.39, 0.29) is 64.1 Å². The molecule has 15 unspecified atom stereocenters. The van der Waals surface area contributed by atoms with Gasteiger partial charge in [0, 0.05) is 32.5 Å². The molecule has 0 aliphatic carbocycles. The zero-order chi connectivity index (χ0) is 64.0. The molecule has 476 valence electrons. The highest BCUT2D eigenvalue weighted by atomic mass is 16.5. The molecular formula is C54H92N12O18. The number of aliphatic hydroxyl groups is 1. The third-order valence-electron chi connectivity index (χ3n) is 15.4. The van der Waals surface area contributed by atoms with E-state index in [9.17, 15) is 72.9 Å². The number of carboxylic acids is 2. The van der Waals surface area contributed by atoms with Gasteiger partial charge in [0.1, 0.15) is 54.4 Å². The van der Waals surface area contributed by atoms with Crippen molar-refractivity contribution < 1.29 is 87.1 Å². The average Bonchev–Trinajstić information content (AvgIpc) is 3.55. The second kappa shape index (κ2) is 34.7. The van der Waals surface area contributed by atoms with E-state index in [0.29, 0.717) is 6.42 Å². The van der Waals surface area contributed by atoms with Gasteiger partial charge in [0.05, 0.1) is 18.6 Å². The molecule has 0 bridgehead atoms. The van der Waals surface area contributed by atoms with Crippen molar-refractivity contribution in [3.63, 3.8) is 0 Å². The Hall–Kier alpha value is -7.05. The van der Waals surface area contributed by atoms with Gasteiger partial charge in [-0.1, -0.05) is 48.5 Å². The predicted molar refractivity (Wildman–Crippen MR) is 300 cm³/mol. The van der Waals surface area contributed by atoms with Crippen LogP contribution in [0.3, 0.4) is 0 Å². The van der Waals surface area contributed by atoms with Gasteiger partial charge in [-0.2, -0.15) is 0 Å². The summed E-state index contributed by atoms with van der Waals surface area (Å²) in [4.78, 5) is 184. The molecule has 2 heterocycles. The Morgan fingerprint density at radius 3 is 1.86 bits per heavy atom. The highest BCUT2D eigenvalue weighted by Gasteiger charge is 2.47. The van der Waals surface area contributed by atoms with Crippen LogP contribution >= 0.6 is 0 Å². The highest BCUT2D eigenvalue weighted by Crippen LogP contribution is 2.27. The van der Waals surface area contributed by atoms with Crippen molar-refractivity contribution in [1.82, 2.24) is 47.0 Å².